The van der Waals surface area contributed by atoms with E-state index in [1.165, 1.54) is 24.3 Å². The van der Waals surface area contributed by atoms with Crippen LogP contribution in [0.3, 0.4) is 0 Å². The number of aromatic hydroxyl groups is 1. The van der Waals surface area contributed by atoms with E-state index < -0.39 is 15.9 Å². The molecule has 0 saturated heterocycles. The fraction of sp³-hybridized carbons (Fsp3) is 0.0588. The molecular weight excluding hydrogens is 392 g/mol. The summed E-state index contributed by atoms with van der Waals surface area (Å²) in [5.74, 6) is -0.418. The van der Waals surface area contributed by atoms with Gasteiger partial charge in [0.1, 0.15) is 11.4 Å². The highest BCUT2D eigenvalue weighted by atomic mass is 35.5. The fourth-order valence-electron chi connectivity index (χ4n) is 2.36. The summed E-state index contributed by atoms with van der Waals surface area (Å²) in [7, 11) is -3.75. The topological polar surface area (TPSA) is 138 Å². The van der Waals surface area contributed by atoms with Gasteiger partial charge in [-0.3, -0.25) is 9.89 Å². The first-order valence-electron chi connectivity index (χ1n) is 7.68. The zero-order valence-corrected chi connectivity index (χ0v) is 15.4. The van der Waals surface area contributed by atoms with Crippen LogP contribution in [-0.2, 0) is 16.6 Å². The Bertz CT molecular complexity index is 1090. The highest BCUT2D eigenvalue weighted by Crippen LogP contribution is 2.30. The molecule has 10 heteroatoms. The average Bonchev–Trinajstić information content (AvgIpc) is 3.11. The highest BCUT2D eigenvalue weighted by Gasteiger charge is 2.14. The number of sulfonamides is 1. The van der Waals surface area contributed by atoms with Gasteiger partial charge < -0.3 is 10.4 Å². The maximum absolute atomic E-state index is 12.3. The number of aromatic amines is 1. The number of nitrogens with one attached hydrogen (secondary N) is 2. The largest absolute Gasteiger partial charge is 0.507 e. The third kappa shape index (κ3) is 4.45. The molecule has 1 aromatic heterocycles. The molecule has 140 valence electrons. The first-order valence-corrected chi connectivity index (χ1v) is 9.61. The molecule has 27 heavy (non-hydrogen) atoms. The van der Waals surface area contributed by atoms with Crippen LogP contribution >= 0.6 is 11.6 Å². The van der Waals surface area contributed by atoms with Gasteiger partial charge in [0.25, 0.3) is 5.91 Å². The van der Waals surface area contributed by atoms with Crippen LogP contribution in [0.2, 0.25) is 5.02 Å². The number of nitrogens with two attached hydrogens (primary N) is 1. The molecule has 1 heterocycles. The van der Waals surface area contributed by atoms with Crippen molar-refractivity contribution in [1.82, 2.24) is 15.5 Å². The number of amides is 1. The van der Waals surface area contributed by atoms with Gasteiger partial charge in [-0.2, -0.15) is 5.10 Å². The molecule has 0 aliphatic carbocycles. The first kappa shape index (κ1) is 18.9. The number of nitrogens with zero attached hydrogens (tertiary/aromatic N) is 1. The summed E-state index contributed by atoms with van der Waals surface area (Å²) >= 11 is 5.92. The summed E-state index contributed by atoms with van der Waals surface area (Å²) in [5.41, 5.74) is 1.67. The molecule has 3 rings (SSSR count). The van der Waals surface area contributed by atoms with Crippen LogP contribution in [0.1, 0.15) is 16.1 Å². The standard InChI is InChI=1S/C17H15ClN4O4S/c18-11-3-6-16(23)13(7-11)14-8-15(22-21-14)17(24)20-9-10-1-4-12(5-2-10)27(19,25)26/h1-8,23H,9H2,(H,20,24)(H,21,22)(H2,19,25,26). The van der Waals surface area contributed by atoms with E-state index in [9.17, 15) is 18.3 Å². The maximum Gasteiger partial charge on any atom is 0.269 e. The Morgan fingerprint density at radius 1 is 1.19 bits per heavy atom. The predicted molar refractivity (Wildman–Crippen MR) is 99.7 cm³/mol. The molecule has 2 aromatic carbocycles. The Labute approximate surface area is 160 Å². The number of phenols is 1. The lowest BCUT2D eigenvalue weighted by atomic mass is 10.1. The smallest absolute Gasteiger partial charge is 0.269 e. The first-order chi connectivity index (χ1) is 12.7. The Hall–Kier alpha value is -2.88. The molecule has 0 aliphatic rings. The van der Waals surface area contributed by atoms with Gasteiger partial charge in [-0.1, -0.05) is 23.7 Å². The summed E-state index contributed by atoms with van der Waals surface area (Å²) in [6.07, 6.45) is 0. The third-order valence-electron chi connectivity index (χ3n) is 3.76. The average molecular weight is 407 g/mol. The van der Waals surface area contributed by atoms with E-state index in [2.05, 4.69) is 15.5 Å². The maximum atomic E-state index is 12.3. The van der Waals surface area contributed by atoms with Gasteiger partial charge in [-0.05, 0) is 42.0 Å². The van der Waals surface area contributed by atoms with Crippen LogP contribution in [0.15, 0.2) is 53.4 Å². The van der Waals surface area contributed by atoms with Gasteiger partial charge in [0, 0.05) is 17.1 Å². The second-order valence-electron chi connectivity index (χ2n) is 5.70. The minimum Gasteiger partial charge on any atom is -0.507 e. The highest BCUT2D eigenvalue weighted by molar-refractivity contribution is 7.89. The van der Waals surface area contributed by atoms with Crippen molar-refractivity contribution in [1.29, 1.82) is 0 Å². The van der Waals surface area contributed by atoms with Crippen molar-refractivity contribution in [2.45, 2.75) is 11.4 Å². The zero-order chi connectivity index (χ0) is 19.6. The lowest BCUT2D eigenvalue weighted by Crippen LogP contribution is -2.23. The fourth-order valence-corrected chi connectivity index (χ4v) is 3.05. The van der Waals surface area contributed by atoms with E-state index in [0.717, 1.165) is 0 Å². The minimum atomic E-state index is -3.75. The van der Waals surface area contributed by atoms with Crippen molar-refractivity contribution in [2.75, 3.05) is 0 Å². The second-order valence-corrected chi connectivity index (χ2v) is 7.70. The number of H-pyrrole nitrogens is 1. The molecular formula is C17H15ClN4O4S. The molecule has 0 spiro atoms. The van der Waals surface area contributed by atoms with Gasteiger partial charge in [-0.25, -0.2) is 13.6 Å². The molecule has 0 atom stereocenters. The monoisotopic (exact) mass is 406 g/mol. The van der Waals surface area contributed by atoms with Gasteiger partial charge in [0.15, 0.2) is 0 Å². The molecule has 5 N–H and O–H groups in total. The quantitative estimate of drug-likeness (QED) is 0.513. The molecule has 0 bridgehead atoms. The predicted octanol–water partition coefficient (Wildman–Crippen LogP) is 2.01. The van der Waals surface area contributed by atoms with Crippen LogP contribution < -0.4 is 10.5 Å². The van der Waals surface area contributed by atoms with Crippen molar-refractivity contribution in [2.24, 2.45) is 5.14 Å². The van der Waals surface area contributed by atoms with Gasteiger partial charge in [-0.15, -0.1) is 0 Å². The van der Waals surface area contributed by atoms with Crippen molar-refractivity contribution in [3.05, 3.63) is 64.8 Å². The zero-order valence-electron chi connectivity index (χ0n) is 13.8. The number of aromatic nitrogens is 2. The Kier molecular flexibility index (Phi) is 5.17. The van der Waals surface area contributed by atoms with Crippen molar-refractivity contribution in [3.63, 3.8) is 0 Å². The number of phenolic OH excluding ortho intramolecular Hbond substituents is 1. The van der Waals surface area contributed by atoms with Crippen LogP contribution in [0, 0.1) is 0 Å². The number of hydrogen-bond acceptors (Lipinski definition) is 5. The van der Waals surface area contributed by atoms with Crippen molar-refractivity contribution >= 4 is 27.5 Å². The Morgan fingerprint density at radius 2 is 1.89 bits per heavy atom. The normalized spacial score (nSPS) is 11.3. The summed E-state index contributed by atoms with van der Waals surface area (Å²) < 4.78 is 22.5. The van der Waals surface area contributed by atoms with E-state index in [0.29, 0.717) is 21.8 Å². The number of carbonyl (C=O) groups is 1. The molecule has 1 amide bonds. The van der Waals surface area contributed by atoms with Crippen LogP contribution in [0.4, 0.5) is 0 Å². The van der Waals surface area contributed by atoms with Crippen molar-refractivity contribution < 1.29 is 18.3 Å². The summed E-state index contributed by atoms with van der Waals surface area (Å²) in [5, 5.41) is 24.7. The van der Waals surface area contributed by atoms with Crippen LogP contribution in [-0.4, -0.2) is 29.6 Å². The molecule has 0 saturated carbocycles. The van der Waals surface area contributed by atoms with Crippen LogP contribution in [0.25, 0.3) is 11.3 Å². The number of carbonyl (C=O) groups excluding carboxylic acids is 1. The number of primary sulfonamides is 1. The summed E-state index contributed by atoms with van der Waals surface area (Å²) in [6, 6.07) is 11.9. The lowest BCUT2D eigenvalue weighted by molar-refractivity contribution is 0.0946. The van der Waals surface area contributed by atoms with E-state index in [-0.39, 0.29) is 22.9 Å². The van der Waals surface area contributed by atoms with Gasteiger partial charge in [0.2, 0.25) is 10.0 Å². The molecule has 8 nitrogen and oxygen atoms in total. The molecule has 0 aliphatic heterocycles. The SMILES string of the molecule is NS(=O)(=O)c1ccc(CNC(=O)c2cc(-c3cc(Cl)ccc3O)n[nH]2)cc1. The molecule has 0 fully saturated rings. The lowest BCUT2D eigenvalue weighted by Gasteiger charge is -2.05. The third-order valence-corrected chi connectivity index (χ3v) is 4.93. The van der Waals surface area contributed by atoms with E-state index in [1.54, 1.807) is 24.3 Å². The molecule has 3 aromatic rings. The molecule has 0 radical (unpaired) electrons. The number of rotatable bonds is 5. The molecule has 0 unspecified atom stereocenters. The van der Waals surface area contributed by atoms with Gasteiger partial charge >= 0.3 is 0 Å². The summed E-state index contributed by atoms with van der Waals surface area (Å²) in [6.45, 7) is 0.181. The van der Waals surface area contributed by atoms with E-state index >= 15 is 0 Å². The number of hydrogen-bond donors (Lipinski definition) is 4. The Morgan fingerprint density at radius 3 is 2.56 bits per heavy atom. The second kappa shape index (κ2) is 7.39. The van der Waals surface area contributed by atoms with Crippen LogP contribution in [0.5, 0.6) is 5.75 Å². The van der Waals surface area contributed by atoms with E-state index in [1.807, 2.05) is 0 Å². The number of benzene rings is 2. The minimum absolute atomic E-state index is 0.00267. The summed E-state index contributed by atoms with van der Waals surface area (Å²) in [4.78, 5) is 12.3. The Balaban J connectivity index is 1.69. The van der Waals surface area contributed by atoms with E-state index in [4.69, 9.17) is 16.7 Å². The number of halogens is 1. The van der Waals surface area contributed by atoms with Crippen molar-refractivity contribution in [3.8, 4) is 17.0 Å². The van der Waals surface area contributed by atoms with Gasteiger partial charge in [0.05, 0.1) is 10.6 Å².